The van der Waals surface area contributed by atoms with E-state index in [-0.39, 0.29) is 61.4 Å². The van der Waals surface area contributed by atoms with Crippen molar-refractivity contribution in [3.63, 3.8) is 0 Å². The van der Waals surface area contributed by atoms with E-state index in [1.807, 2.05) is 0 Å². The van der Waals surface area contributed by atoms with Crippen LogP contribution in [-0.2, 0) is 36.9 Å². The van der Waals surface area contributed by atoms with Crippen molar-refractivity contribution in [1.82, 2.24) is 24.8 Å². The van der Waals surface area contributed by atoms with E-state index in [0.29, 0.717) is 31.1 Å². The van der Waals surface area contributed by atoms with Gasteiger partial charge in [-0.05, 0) is 43.7 Å². The predicted molar refractivity (Wildman–Crippen MR) is 143 cm³/mol. The van der Waals surface area contributed by atoms with Crippen molar-refractivity contribution >= 4 is 35.3 Å². The Morgan fingerprint density at radius 3 is 2.57 bits per heavy atom. The standard InChI is InChI=1S/C28H32N6O8/c1-40-21-5-3-2-4-20(21)32(15-19-14-31(10-11-41-19)25(36)18-8-9-18)24(35)12-22-29-23(42-30-22)16-34-27(38)26(37)33(28(34)39)13-17-6-7-17/h2-5,17-19H,6-16H2,1H3/t19-/m1/s1. The molecule has 0 spiro atoms. The highest BCUT2D eigenvalue weighted by Gasteiger charge is 2.47. The van der Waals surface area contributed by atoms with Crippen LogP contribution < -0.4 is 9.64 Å². The fourth-order valence-corrected chi connectivity index (χ4v) is 5.21. The zero-order valence-corrected chi connectivity index (χ0v) is 23.3. The Kier molecular flexibility index (Phi) is 7.62. The lowest BCUT2D eigenvalue weighted by Gasteiger charge is -2.36. The number of morpholine rings is 1. The number of methoxy groups -OCH3 is 1. The van der Waals surface area contributed by atoms with Crippen molar-refractivity contribution in [2.24, 2.45) is 11.8 Å². The summed E-state index contributed by atoms with van der Waals surface area (Å²) in [4.78, 5) is 73.1. The number of ether oxygens (including phenoxy) is 2. The highest BCUT2D eigenvalue weighted by Crippen LogP contribution is 2.33. The molecule has 6 amide bonds. The fraction of sp³-hybridized carbons (Fsp3) is 0.536. The van der Waals surface area contributed by atoms with Gasteiger partial charge in [-0.1, -0.05) is 17.3 Å². The third kappa shape index (κ3) is 5.84. The summed E-state index contributed by atoms with van der Waals surface area (Å²) in [5, 5.41) is 3.88. The van der Waals surface area contributed by atoms with E-state index in [2.05, 4.69) is 10.1 Å². The van der Waals surface area contributed by atoms with Crippen LogP contribution in [0.25, 0.3) is 0 Å². The van der Waals surface area contributed by atoms with Gasteiger partial charge < -0.3 is 23.8 Å². The molecule has 2 aromatic rings. The van der Waals surface area contributed by atoms with Gasteiger partial charge in [-0.25, -0.2) is 9.69 Å². The number of benzene rings is 1. The molecule has 1 aromatic heterocycles. The normalized spacial score (nSPS) is 20.8. The average molecular weight is 581 g/mol. The van der Waals surface area contributed by atoms with Gasteiger partial charge in [-0.3, -0.25) is 24.1 Å². The molecule has 2 saturated carbocycles. The predicted octanol–water partition coefficient (Wildman–Crippen LogP) is 0.992. The van der Waals surface area contributed by atoms with Crippen LogP contribution in [-0.4, -0.2) is 100 Å². The Morgan fingerprint density at radius 1 is 1.07 bits per heavy atom. The minimum Gasteiger partial charge on any atom is -0.495 e. The summed E-state index contributed by atoms with van der Waals surface area (Å²) in [5.74, 6) is -1.28. The lowest BCUT2D eigenvalue weighted by atomic mass is 10.2. The van der Waals surface area contributed by atoms with Gasteiger partial charge in [0.15, 0.2) is 5.82 Å². The lowest BCUT2D eigenvalue weighted by Crippen LogP contribution is -2.51. The second kappa shape index (κ2) is 11.5. The zero-order valence-electron chi connectivity index (χ0n) is 23.3. The highest BCUT2D eigenvalue weighted by atomic mass is 16.5. The molecule has 4 fully saturated rings. The summed E-state index contributed by atoms with van der Waals surface area (Å²) >= 11 is 0. The van der Waals surface area contributed by atoms with Crippen molar-refractivity contribution in [1.29, 1.82) is 0 Å². The van der Waals surface area contributed by atoms with Crippen molar-refractivity contribution in [2.75, 3.05) is 44.8 Å². The van der Waals surface area contributed by atoms with E-state index in [1.54, 1.807) is 29.2 Å². The third-order valence-electron chi connectivity index (χ3n) is 7.83. The molecule has 222 valence electrons. The number of aromatic nitrogens is 2. The number of imide groups is 2. The van der Waals surface area contributed by atoms with E-state index in [0.717, 1.165) is 35.5 Å². The molecule has 42 heavy (non-hydrogen) atoms. The molecular weight excluding hydrogens is 548 g/mol. The molecule has 14 nitrogen and oxygen atoms in total. The summed E-state index contributed by atoms with van der Waals surface area (Å²) < 4.78 is 16.7. The van der Waals surface area contributed by atoms with Crippen molar-refractivity contribution in [3.8, 4) is 5.75 Å². The van der Waals surface area contributed by atoms with E-state index in [9.17, 15) is 24.0 Å². The van der Waals surface area contributed by atoms with Crippen LogP contribution in [0.15, 0.2) is 28.8 Å². The lowest BCUT2D eigenvalue weighted by molar-refractivity contribution is -0.143. The number of hydrogen-bond donors (Lipinski definition) is 0. The molecule has 6 rings (SSSR count). The Morgan fingerprint density at radius 2 is 1.83 bits per heavy atom. The molecule has 3 heterocycles. The first-order valence-electron chi connectivity index (χ1n) is 14.1. The number of nitrogens with zero attached hydrogens (tertiary/aromatic N) is 6. The van der Waals surface area contributed by atoms with Crippen LogP contribution in [0.4, 0.5) is 10.5 Å². The topological polar surface area (TPSA) is 156 Å². The largest absolute Gasteiger partial charge is 0.495 e. The van der Waals surface area contributed by atoms with Gasteiger partial charge in [-0.2, -0.15) is 4.98 Å². The molecular formula is C28H32N6O8. The quantitative estimate of drug-likeness (QED) is 0.277. The Labute approximate surface area is 241 Å². The molecule has 0 unspecified atom stereocenters. The number of anilines is 1. The van der Waals surface area contributed by atoms with Crippen LogP contribution in [0.1, 0.15) is 37.4 Å². The van der Waals surface area contributed by atoms with Gasteiger partial charge in [-0.15, -0.1) is 0 Å². The van der Waals surface area contributed by atoms with Gasteiger partial charge in [0.25, 0.3) is 0 Å². The smallest absolute Gasteiger partial charge is 0.334 e. The van der Waals surface area contributed by atoms with Crippen molar-refractivity contribution in [2.45, 2.75) is 44.8 Å². The summed E-state index contributed by atoms with van der Waals surface area (Å²) in [6.45, 7) is 1.27. The van der Waals surface area contributed by atoms with Crippen LogP contribution in [0.5, 0.6) is 5.75 Å². The molecule has 14 heteroatoms. The molecule has 2 aliphatic carbocycles. The van der Waals surface area contributed by atoms with Crippen LogP contribution in [0.3, 0.4) is 0 Å². The van der Waals surface area contributed by atoms with Crippen molar-refractivity contribution in [3.05, 3.63) is 36.0 Å². The van der Waals surface area contributed by atoms with E-state index >= 15 is 0 Å². The third-order valence-corrected chi connectivity index (χ3v) is 7.83. The van der Waals surface area contributed by atoms with Crippen molar-refractivity contribution < 1.29 is 38.0 Å². The maximum atomic E-state index is 13.7. The van der Waals surface area contributed by atoms with Crippen LogP contribution in [0.2, 0.25) is 0 Å². The molecule has 0 N–H and O–H groups in total. The molecule has 1 aromatic carbocycles. The average Bonchev–Trinajstić information content (AvgIpc) is 3.94. The molecule has 0 radical (unpaired) electrons. The number of amides is 6. The van der Waals surface area contributed by atoms with Crippen LogP contribution >= 0.6 is 0 Å². The first-order chi connectivity index (χ1) is 20.3. The van der Waals surface area contributed by atoms with Gasteiger partial charge in [0.05, 0.1) is 38.5 Å². The highest BCUT2D eigenvalue weighted by molar-refractivity contribution is 6.44. The van der Waals surface area contributed by atoms with Crippen LogP contribution in [0, 0.1) is 11.8 Å². The second-order valence-electron chi connectivity index (χ2n) is 11.0. The van der Waals surface area contributed by atoms with Gasteiger partial charge >= 0.3 is 17.8 Å². The minimum atomic E-state index is -0.944. The zero-order chi connectivity index (χ0) is 29.4. The minimum absolute atomic E-state index is 0.0465. The number of carbonyl (C=O) groups is 5. The summed E-state index contributed by atoms with van der Waals surface area (Å²) in [5.41, 5.74) is 0.519. The Hall–Kier alpha value is -4.33. The number of carbonyl (C=O) groups excluding carboxylic acids is 5. The molecule has 4 aliphatic rings. The summed E-state index contributed by atoms with van der Waals surface area (Å²) in [7, 11) is 1.51. The molecule has 2 aliphatic heterocycles. The Bertz CT molecular complexity index is 1400. The van der Waals surface area contributed by atoms with E-state index < -0.39 is 23.9 Å². The SMILES string of the molecule is COc1ccccc1N(C[C@H]1CN(C(=O)C2CC2)CCO1)C(=O)Cc1noc(CN2C(=O)C(=O)N(CC3CC3)C2=O)n1. The maximum Gasteiger partial charge on any atom is 0.334 e. The summed E-state index contributed by atoms with van der Waals surface area (Å²) in [6.07, 6.45) is 2.99. The number of rotatable bonds is 11. The maximum absolute atomic E-state index is 13.7. The number of urea groups is 1. The van der Waals surface area contributed by atoms with Gasteiger partial charge in [0.1, 0.15) is 12.3 Å². The monoisotopic (exact) mass is 580 g/mol. The first-order valence-corrected chi connectivity index (χ1v) is 14.1. The molecule has 2 saturated heterocycles. The number of hydrogen-bond acceptors (Lipinski definition) is 10. The second-order valence-corrected chi connectivity index (χ2v) is 11.0. The van der Waals surface area contributed by atoms with Gasteiger partial charge in [0, 0.05) is 25.6 Å². The van der Waals surface area contributed by atoms with E-state index in [1.165, 1.54) is 12.0 Å². The van der Waals surface area contributed by atoms with Gasteiger partial charge in [0.2, 0.25) is 17.7 Å². The fourth-order valence-electron chi connectivity index (χ4n) is 5.21. The number of para-hydroxylation sites is 2. The molecule has 0 bridgehead atoms. The first kappa shape index (κ1) is 27.8. The molecule has 1 atom stereocenters. The van der Waals surface area contributed by atoms with E-state index in [4.69, 9.17) is 14.0 Å². The Balaban J connectivity index is 1.15. The summed E-state index contributed by atoms with van der Waals surface area (Å²) in [6, 6.07) is 6.36.